The van der Waals surface area contributed by atoms with Crippen LogP contribution in [-0.2, 0) is 26.2 Å². The van der Waals surface area contributed by atoms with Crippen molar-refractivity contribution in [3.8, 4) is 0 Å². The van der Waals surface area contributed by atoms with Gasteiger partial charge in [0.2, 0.25) is 0 Å². The Morgan fingerprint density at radius 2 is 1.18 bits per heavy atom. The van der Waals surface area contributed by atoms with E-state index in [1.165, 1.54) is 21.5 Å². The first-order valence-corrected chi connectivity index (χ1v) is 13.4. The fraction of sp³-hybridized carbons (Fsp3) is 0.241. The van der Waals surface area contributed by atoms with Crippen LogP contribution in [0.2, 0.25) is 13.1 Å². The summed E-state index contributed by atoms with van der Waals surface area (Å²) in [6, 6.07) is 29.3. The molecule has 2 radical (unpaired) electrons. The molecule has 4 aromatic carbocycles. The topological polar surface area (TPSA) is 40.5 Å². The fourth-order valence-corrected chi connectivity index (χ4v) is 2.48. The van der Waals surface area contributed by atoms with Gasteiger partial charge in [-0.2, -0.15) is 41.1 Å². The molecule has 4 aromatic rings. The molecular formula is C29H38O2SiZr. The maximum atomic E-state index is 7.57. The van der Waals surface area contributed by atoms with E-state index in [4.69, 9.17) is 10.2 Å². The summed E-state index contributed by atoms with van der Waals surface area (Å²) in [6.45, 7) is 8.28. The minimum absolute atomic E-state index is 0. The van der Waals surface area contributed by atoms with Crippen molar-refractivity contribution in [3.05, 3.63) is 109 Å². The third-order valence-corrected chi connectivity index (χ3v) is 3.68. The van der Waals surface area contributed by atoms with Crippen LogP contribution in [0, 0.1) is 6.08 Å². The first kappa shape index (κ1) is 33.3. The van der Waals surface area contributed by atoms with E-state index in [1.807, 2.05) is 12.2 Å². The maximum absolute atomic E-state index is 7.57. The fourth-order valence-electron chi connectivity index (χ4n) is 2.48. The van der Waals surface area contributed by atoms with Crippen LogP contribution >= 0.6 is 0 Å². The Labute approximate surface area is 222 Å². The summed E-state index contributed by atoms with van der Waals surface area (Å²) in [5, 5.41) is 20.5. The molecule has 0 atom stereocenters. The van der Waals surface area contributed by atoms with E-state index in [0.717, 1.165) is 15.9 Å². The predicted octanol–water partition coefficient (Wildman–Crippen LogP) is 6.94. The van der Waals surface area contributed by atoms with Crippen LogP contribution < -0.4 is 0 Å². The number of fused-ring (bicyclic) bond motifs is 2. The Bertz CT molecular complexity index is 829. The van der Waals surface area contributed by atoms with E-state index in [9.17, 15) is 0 Å². The van der Waals surface area contributed by atoms with E-state index >= 15 is 0 Å². The molecule has 0 unspecified atom stereocenters. The van der Waals surface area contributed by atoms with Gasteiger partial charge < -0.3 is 10.2 Å². The SMILES string of the molecule is CCO.CCO.C[SiH]C.[C-]1=CC=CC1.[Zr+3].c1ccc2[cH-]ccc2c1.c1ccc2[cH-]ccc2c1. The molecule has 5 rings (SSSR count). The molecule has 0 heterocycles. The Balaban J connectivity index is 0. The minimum Gasteiger partial charge on any atom is -0.397 e. The number of rotatable bonds is 0. The Kier molecular flexibility index (Phi) is 25.0. The Morgan fingerprint density at radius 1 is 0.788 bits per heavy atom. The minimum atomic E-state index is 0. The summed E-state index contributed by atoms with van der Waals surface area (Å²) in [5.41, 5.74) is 0. The number of allylic oxidation sites excluding steroid dienone is 4. The monoisotopic (exact) mass is 536 g/mol. The smallest absolute Gasteiger partial charge is 0.397 e. The van der Waals surface area contributed by atoms with Gasteiger partial charge in [-0.3, -0.25) is 6.08 Å². The molecule has 2 N–H and O–H groups in total. The Hall–Kier alpha value is -1.84. The normalized spacial score (nSPS) is 9.88. The second-order valence-corrected chi connectivity index (χ2v) is 7.68. The van der Waals surface area contributed by atoms with Gasteiger partial charge in [0.25, 0.3) is 0 Å². The van der Waals surface area contributed by atoms with Gasteiger partial charge in [0.1, 0.15) is 0 Å². The van der Waals surface area contributed by atoms with Crippen molar-refractivity contribution >= 4 is 31.1 Å². The van der Waals surface area contributed by atoms with Gasteiger partial charge >= 0.3 is 26.2 Å². The number of hydrogen-bond donors (Lipinski definition) is 2. The van der Waals surface area contributed by atoms with Gasteiger partial charge in [0.05, 0.1) is 0 Å². The molecule has 0 aliphatic heterocycles. The Morgan fingerprint density at radius 3 is 1.45 bits per heavy atom. The van der Waals surface area contributed by atoms with Crippen LogP contribution in [0.1, 0.15) is 20.3 Å². The third-order valence-electron chi connectivity index (χ3n) is 3.68. The largest absolute Gasteiger partial charge is 3.00 e. The zero-order valence-electron chi connectivity index (χ0n) is 20.4. The number of benzene rings is 2. The summed E-state index contributed by atoms with van der Waals surface area (Å²) in [7, 11) is 0.750. The molecule has 0 spiro atoms. The van der Waals surface area contributed by atoms with Crippen molar-refractivity contribution < 1.29 is 36.4 Å². The van der Waals surface area contributed by atoms with Crippen LogP contribution in [0.4, 0.5) is 0 Å². The number of aliphatic hydroxyl groups is 2. The molecule has 174 valence electrons. The predicted molar refractivity (Wildman–Crippen MR) is 145 cm³/mol. The van der Waals surface area contributed by atoms with Gasteiger partial charge in [0, 0.05) is 22.7 Å². The molecule has 2 nitrogen and oxygen atoms in total. The second kappa shape index (κ2) is 24.8. The van der Waals surface area contributed by atoms with Crippen LogP contribution in [0.5, 0.6) is 0 Å². The quantitative estimate of drug-likeness (QED) is 0.188. The molecule has 0 bridgehead atoms. The van der Waals surface area contributed by atoms with Gasteiger partial charge in [-0.05, 0) is 13.8 Å². The van der Waals surface area contributed by atoms with Crippen molar-refractivity contribution in [3.63, 3.8) is 0 Å². The first-order chi connectivity index (χ1) is 15.7. The van der Waals surface area contributed by atoms with Crippen LogP contribution in [0.3, 0.4) is 0 Å². The van der Waals surface area contributed by atoms with Crippen molar-refractivity contribution in [2.45, 2.75) is 33.4 Å². The average Bonchev–Trinajstić information content (AvgIpc) is 3.59. The molecule has 0 fully saturated rings. The summed E-state index contributed by atoms with van der Waals surface area (Å²) in [4.78, 5) is 0. The van der Waals surface area contributed by atoms with E-state index in [-0.39, 0.29) is 39.4 Å². The van der Waals surface area contributed by atoms with E-state index in [1.54, 1.807) is 13.8 Å². The zero-order chi connectivity index (χ0) is 23.9. The van der Waals surface area contributed by atoms with E-state index < -0.39 is 0 Å². The van der Waals surface area contributed by atoms with E-state index in [0.29, 0.717) is 0 Å². The number of hydrogen-bond acceptors (Lipinski definition) is 2. The third kappa shape index (κ3) is 17.3. The van der Waals surface area contributed by atoms with E-state index in [2.05, 4.69) is 110 Å². The molecule has 4 heteroatoms. The van der Waals surface area contributed by atoms with Gasteiger partial charge in [-0.15, -0.1) is 65.7 Å². The van der Waals surface area contributed by atoms with Crippen LogP contribution in [0.15, 0.2) is 103 Å². The standard InChI is InChI=1S/2C9H7.C5H5.2C2H6O.C2H7Si.Zr/c2*1-2-5-9-7-3-6-8(9)4-1;1-2-4-5-3-1;2*1-2-3;1-3-2;/h2*1-7H;1-3H,4H2;2*3H,2H2,1H3;3H,1-2H3;/q3*-1;;;;+3. The summed E-state index contributed by atoms with van der Waals surface area (Å²) in [5.74, 6) is 0. The van der Waals surface area contributed by atoms with Crippen molar-refractivity contribution in [1.29, 1.82) is 0 Å². The molecule has 0 amide bonds. The molecule has 1 aliphatic carbocycles. The average molecular weight is 538 g/mol. The van der Waals surface area contributed by atoms with Gasteiger partial charge in [-0.25, -0.2) is 12.2 Å². The van der Waals surface area contributed by atoms with Crippen molar-refractivity contribution in [2.24, 2.45) is 0 Å². The maximum Gasteiger partial charge on any atom is 3.00 e. The zero-order valence-corrected chi connectivity index (χ0v) is 24.0. The summed E-state index contributed by atoms with van der Waals surface area (Å²) >= 11 is 0. The molecule has 0 saturated heterocycles. The molecule has 0 saturated carbocycles. The molecular weight excluding hydrogens is 500 g/mol. The molecule has 1 aliphatic rings. The summed E-state index contributed by atoms with van der Waals surface area (Å²) < 4.78 is 0. The van der Waals surface area contributed by atoms with Gasteiger partial charge in [-0.1, -0.05) is 25.2 Å². The van der Waals surface area contributed by atoms with Gasteiger partial charge in [0.15, 0.2) is 0 Å². The van der Waals surface area contributed by atoms with Crippen LogP contribution in [0.25, 0.3) is 21.5 Å². The van der Waals surface area contributed by atoms with Crippen molar-refractivity contribution in [2.75, 3.05) is 13.2 Å². The second-order valence-electron chi connectivity index (χ2n) is 6.52. The van der Waals surface area contributed by atoms with Crippen LogP contribution in [-0.4, -0.2) is 32.9 Å². The molecule has 33 heavy (non-hydrogen) atoms. The van der Waals surface area contributed by atoms with Crippen molar-refractivity contribution in [1.82, 2.24) is 0 Å². The number of aliphatic hydroxyl groups excluding tert-OH is 2. The summed E-state index contributed by atoms with van der Waals surface area (Å²) in [6.07, 6.45) is 10.0. The first-order valence-electron chi connectivity index (χ1n) is 11.1. The molecule has 0 aromatic heterocycles.